The fraction of sp³-hybridized carbons (Fsp3) is 0.500. The molecule has 0 saturated carbocycles. The maximum atomic E-state index is 10.9. The Balaban J connectivity index is 1.82. The van der Waals surface area contributed by atoms with E-state index in [1.165, 1.54) is 0 Å². The number of pyridine rings is 1. The molecule has 1 N–H and O–H groups in total. The molecule has 0 amide bonds. The van der Waals surface area contributed by atoms with Crippen LogP contribution in [0, 0.1) is 13.8 Å². The predicted molar refractivity (Wildman–Crippen MR) is 95.4 cm³/mol. The van der Waals surface area contributed by atoms with Gasteiger partial charge in [0, 0.05) is 44.6 Å². The van der Waals surface area contributed by atoms with E-state index in [2.05, 4.69) is 21.8 Å². The minimum Gasteiger partial charge on any atom is -0.383 e. The van der Waals surface area contributed by atoms with Crippen molar-refractivity contribution in [2.24, 2.45) is 0 Å². The lowest BCUT2D eigenvalue weighted by molar-refractivity contribution is 0.00748. The van der Waals surface area contributed by atoms with Crippen molar-refractivity contribution in [2.45, 2.75) is 32.3 Å². The second kappa shape index (κ2) is 6.36. The Kier molecular flexibility index (Phi) is 4.41. The van der Waals surface area contributed by atoms with Crippen LogP contribution in [-0.4, -0.2) is 47.2 Å². The third kappa shape index (κ3) is 3.06. The summed E-state index contributed by atoms with van der Waals surface area (Å²) in [7, 11) is 3.90. The molecule has 3 rings (SSSR count). The highest BCUT2D eigenvalue weighted by molar-refractivity contribution is 5.52. The smallest absolute Gasteiger partial charge is 0.227 e. The van der Waals surface area contributed by atoms with Crippen LogP contribution in [-0.2, 0) is 5.60 Å². The Morgan fingerprint density at radius 1 is 1.12 bits per heavy atom. The summed E-state index contributed by atoms with van der Waals surface area (Å²) in [6.07, 6.45) is 3.02. The van der Waals surface area contributed by atoms with Crippen LogP contribution in [0.15, 0.2) is 24.4 Å². The summed E-state index contributed by atoms with van der Waals surface area (Å²) in [5.41, 5.74) is 2.00. The van der Waals surface area contributed by atoms with Crippen LogP contribution in [0.2, 0.25) is 0 Å². The van der Waals surface area contributed by atoms with Gasteiger partial charge in [-0.15, -0.1) is 0 Å². The Bertz CT molecular complexity index is 709. The zero-order valence-corrected chi connectivity index (χ0v) is 14.8. The number of piperidine rings is 1. The molecule has 2 aromatic heterocycles. The molecule has 1 aliphatic heterocycles. The van der Waals surface area contributed by atoms with Gasteiger partial charge in [0.15, 0.2) is 0 Å². The summed E-state index contributed by atoms with van der Waals surface area (Å²) in [6.45, 7) is 5.57. The van der Waals surface area contributed by atoms with E-state index < -0.39 is 5.60 Å². The van der Waals surface area contributed by atoms with Gasteiger partial charge in [0.25, 0.3) is 0 Å². The van der Waals surface area contributed by atoms with Crippen LogP contribution in [0.1, 0.15) is 29.8 Å². The van der Waals surface area contributed by atoms with Crippen molar-refractivity contribution in [3.05, 3.63) is 41.3 Å². The Hall–Kier alpha value is -2.21. The first-order valence-corrected chi connectivity index (χ1v) is 8.32. The van der Waals surface area contributed by atoms with Crippen LogP contribution >= 0.6 is 0 Å². The Labute approximate surface area is 143 Å². The maximum Gasteiger partial charge on any atom is 0.227 e. The fourth-order valence-corrected chi connectivity index (χ4v) is 3.09. The van der Waals surface area contributed by atoms with Crippen LogP contribution < -0.4 is 9.80 Å². The lowest BCUT2D eigenvalue weighted by Gasteiger charge is -2.39. The molecular weight excluding hydrogens is 302 g/mol. The highest BCUT2D eigenvalue weighted by Gasteiger charge is 2.36. The van der Waals surface area contributed by atoms with Crippen LogP contribution in [0.5, 0.6) is 0 Å². The lowest BCUT2D eigenvalue weighted by atomic mass is 9.87. The van der Waals surface area contributed by atoms with Gasteiger partial charge in [0.1, 0.15) is 11.4 Å². The molecule has 0 spiro atoms. The fourth-order valence-electron chi connectivity index (χ4n) is 3.09. The number of aromatic nitrogens is 3. The quantitative estimate of drug-likeness (QED) is 0.931. The number of anilines is 2. The van der Waals surface area contributed by atoms with E-state index in [1.54, 1.807) is 6.20 Å². The number of nitrogens with zero attached hydrogens (tertiary/aromatic N) is 5. The maximum absolute atomic E-state index is 10.9. The second-order valence-corrected chi connectivity index (χ2v) is 6.69. The van der Waals surface area contributed by atoms with E-state index in [-0.39, 0.29) is 0 Å². The van der Waals surface area contributed by atoms with Crippen molar-refractivity contribution < 1.29 is 5.11 Å². The molecule has 6 heteroatoms. The van der Waals surface area contributed by atoms with E-state index in [0.717, 1.165) is 41.8 Å². The summed E-state index contributed by atoms with van der Waals surface area (Å²) in [5, 5.41) is 10.9. The molecule has 128 valence electrons. The summed E-state index contributed by atoms with van der Waals surface area (Å²) in [6, 6.07) is 5.70. The number of hydrogen-bond donors (Lipinski definition) is 1. The lowest BCUT2D eigenvalue weighted by Crippen LogP contribution is -2.43. The van der Waals surface area contributed by atoms with Crippen molar-refractivity contribution in [3.8, 4) is 0 Å². The summed E-state index contributed by atoms with van der Waals surface area (Å²) >= 11 is 0. The summed E-state index contributed by atoms with van der Waals surface area (Å²) < 4.78 is 0. The third-order valence-electron chi connectivity index (χ3n) is 4.78. The predicted octanol–water partition coefficient (Wildman–Crippen LogP) is 2.04. The Morgan fingerprint density at radius 3 is 2.42 bits per heavy atom. The van der Waals surface area contributed by atoms with E-state index in [0.29, 0.717) is 12.8 Å². The molecule has 24 heavy (non-hydrogen) atoms. The Morgan fingerprint density at radius 2 is 1.83 bits per heavy atom. The number of rotatable bonds is 3. The van der Waals surface area contributed by atoms with Crippen molar-refractivity contribution in [3.63, 3.8) is 0 Å². The van der Waals surface area contributed by atoms with Crippen LogP contribution in [0.4, 0.5) is 11.8 Å². The van der Waals surface area contributed by atoms with Crippen molar-refractivity contribution in [1.29, 1.82) is 0 Å². The molecule has 0 aliphatic carbocycles. The summed E-state index contributed by atoms with van der Waals surface area (Å²) in [4.78, 5) is 17.8. The molecular formula is C18H25N5O. The average Bonchev–Trinajstić information content (AvgIpc) is 2.59. The van der Waals surface area contributed by atoms with Gasteiger partial charge in [-0.3, -0.25) is 4.98 Å². The first-order valence-electron chi connectivity index (χ1n) is 8.32. The molecule has 1 fully saturated rings. The van der Waals surface area contributed by atoms with Gasteiger partial charge in [-0.25, -0.2) is 4.98 Å². The van der Waals surface area contributed by atoms with Crippen LogP contribution in [0.3, 0.4) is 0 Å². The van der Waals surface area contributed by atoms with Gasteiger partial charge < -0.3 is 14.9 Å². The molecule has 1 saturated heterocycles. The minimum atomic E-state index is -0.849. The monoisotopic (exact) mass is 327 g/mol. The molecule has 2 aromatic rings. The first-order chi connectivity index (χ1) is 11.4. The molecule has 3 heterocycles. The minimum absolute atomic E-state index is 0.643. The highest BCUT2D eigenvalue weighted by Crippen LogP contribution is 2.34. The SMILES string of the molecule is Cc1nc(N(C)C)nc(N2CCC(O)(c3ccccn3)CC2)c1C. The summed E-state index contributed by atoms with van der Waals surface area (Å²) in [5.74, 6) is 1.69. The van der Waals surface area contributed by atoms with Gasteiger partial charge in [-0.05, 0) is 38.8 Å². The number of aryl methyl sites for hydroxylation is 1. The van der Waals surface area contributed by atoms with Gasteiger partial charge in [0.2, 0.25) is 5.95 Å². The van der Waals surface area contributed by atoms with Crippen molar-refractivity contribution in [2.75, 3.05) is 37.0 Å². The van der Waals surface area contributed by atoms with E-state index in [1.807, 2.05) is 44.1 Å². The van der Waals surface area contributed by atoms with Crippen molar-refractivity contribution in [1.82, 2.24) is 15.0 Å². The van der Waals surface area contributed by atoms with Crippen LogP contribution in [0.25, 0.3) is 0 Å². The van der Waals surface area contributed by atoms with Gasteiger partial charge >= 0.3 is 0 Å². The standard InChI is InChI=1S/C18H25N5O/c1-13-14(2)20-17(22(3)4)21-16(13)23-11-8-18(24,9-12-23)15-7-5-6-10-19-15/h5-7,10,24H,8-9,11-12H2,1-4H3. The molecule has 0 radical (unpaired) electrons. The molecule has 0 unspecified atom stereocenters. The normalized spacial score (nSPS) is 17.0. The largest absolute Gasteiger partial charge is 0.383 e. The molecule has 0 aromatic carbocycles. The third-order valence-corrected chi connectivity index (χ3v) is 4.78. The first kappa shape index (κ1) is 16.6. The average molecular weight is 327 g/mol. The molecule has 0 atom stereocenters. The molecule has 0 bridgehead atoms. The number of hydrogen-bond acceptors (Lipinski definition) is 6. The van der Waals surface area contributed by atoms with Gasteiger partial charge in [-0.2, -0.15) is 4.98 Å². The van der Waals surface area contributed by atoms with E-state index in [4.69, 9.17) is 4.98 Å². The number of aliphatic hydroxyl groups is 1. The second-order valence-electron chi connectivity index (χ2n) is 6.69. The van der Waals surface area contributed by atoms with Gasteiger partial charge in [-0.1, -0.05) is 6.07 Å². The van der Waals surface area contributed by atoms with Gasteiger partial charge in [0.05, 0.1) is 5.69 Å². The molecule has 1 aliphatic rings. The van der Waals surface area contributed by atoms with E-state index in [9.17, 15) is 5.11 Å². The zero-order valence-electron chi connectivity index (χ0n) is 14.8. The molecule has 6 nitrogen and oxygen atoms in total. The van der Waals surface area contributed by atoms with E-state index >= 15 is 0 Å². The highest BCUT2D eigenvalue weighted by atomic mass is 16.3. The zero-order chi connectivity index (χ0) is 17.3. The topological polar surface area (TPSA) is 65.4 Å². The van der Waals surface area contributed by atoms with Crippen molar-refractivity contribution >= 4 is 11.8 Å².